The number of nitrogens with zero attached hydrogens (tertiary/aromatic N) is 2. The van der Waals surface area contributed by atoms with Crippen LogP contribution in [0.4, 0.5) is 0 Å². The highest BCUT2D eigenvalue weighted by molar-refractivity contribution is 8.03. The van der Waals surface area contributed by atoms with Crippen LogP contribution in [-0.4, -0.2) is 65.6 Å². The van der Waals surface area contributed by atoms with Crippen LogP contribution in [0.15, 0.2) is 15.6 Å². The zero-order chi connectivity index (χ0) is 18.1. The quantitative estimate of drug-likeness (QED) is 0.165. The van der Waals surface area contributed by atoms with Gasteiger partial charge in [0.05, 0.1) is 30.9 Å². The summed E-state index contributed by atoms with van der Waals surface area (Å²) in [7, 11) is -4.69. The Morgan fingerprint density at radius 2 is 2.29 bits per heavy atom. The van der Waals surface area contributed by atoms with Crippen molar-refractivity contribution in [3.8, 4) is 0 Å². The van der Waals surface area contributed by atoms with E-state index in [1.54, 1.807) is 0 Å². The molecule has 1 fully saturated rings. The highest BCUT2D eigenvalue weighted by Crippen LogP contribution is 2.47. The maximum Gasteiger partial charge on any atom is 0.397 e. The molecular formula is C12H17N3O7S2. The van der Waals surface area contributed by atoms with Crippen molar-refractivity contribution in [1.82, 2.24) is 4.90 Å². The number of carbonyl (C=O) groups is 2. The first-order chi connectivity index (χ1) is 11.2. The summed E-state index contributed by atoms with van der Waals surface area (Å²) >= 11 is 1.26. The number of thioether (sulfide) groups is 1. The van der Waals surface area contributed by atoms with Gasteiger partial charge in [-0.1, -0.05) is 0 Å². The normalized spacial score (nSPS) is 25.1. The van der Waals surface area contributed by atoms with Crippen molar-refractivity contribution in [2.24, 2.45) is 16.6 Å². The number of aliphatic carboxylic acids is 1. The first-order valence-electron chi connectivity index (χ1n) is 6.95. The van der Waals surface area contributed by atoms with Gasteiger partial charge in [-0.3, -0.25) is 14.3 Å². The van der Waals surface area contributed by atoms with Crippen LogP contribution in [0.5, 0.6) is 0 Å². The molecule has 0 aromatic heterocycles. The van der Waals surface area contributed by atoms with E-state index in [0.717, 1.165) is 11.2 Å². The minimum Gasteiger partial charge on any atom is -0.477 e. The molecule has 2 aliphatic rings. The summed E-state index contributed by atoms with van der Waals surface area (Å²) in [5.74, 6) is -2.10. The Morgan fingerprint density at radius 3 is 2.83 bits per heavy atom. The van der Waals surface area contributed by atoms with Crippen molar-refractivity contribution < 1.29 is 31.8 Å². The minimum atomic E-state index is -4.69. The molecule has 4 N–H and O–H groups in total. The SMILES string of the molecule is C[C@@H](OS(=O)(=O)O)[C@H]1C(=O)N2C(C(=O)O)=C(SCCN=CN)C[C@H]12. The number of β-lactam (4-membered cyclic amide) rings is 1. The van der Waals surface area contributed by atoms with Gasteiger partial charge in [-0.25, -0.2) is 8.98 Å². The lowest BCUT2D eigenvalue weighted by atomic mass is 9.83. The first-order valence-corrected chi connectivity index (χ1v) is 9.30. The molecule has 0 aromatic rings. The number of carbonyl (C=O) groups excluding carboxylic acids is 1. The fourth-order valence-electron chi connectivity index (χ4n) is 2.89. The Bertz CT molecular complexity index is 703. The Morgan fingerprint density at radius 1 is 1.62 bits per heavy atom. The number of fused-ring (bicyclic) bond motifs is 1. The van der Waals surface area contributed by atoms with E-state index in [1.807, 2.05) is 0 Å². The molecule has 1 amide bonds. The molecule has 1 saturated heterocycles. The molecule has 2 aliphatic heterocycles. The summed E-state index contributed by atoms with van der Waals surface area (Å²) in [5, 5.41) is 9.36. The molecule has 0 aromatic carbocycles. The number of nitrogens with two attached hydrogens (primary N) is 1. The zero-order valence-electron chi connectivity index (χ0n) is 12.7. The van der Waals surface area contributed by atoms with E-state index in [9.17, 15) is 23.1 Å². The summed E-state index contributed by atoms with van der Waals surface area (Å²) in [6.07, 6.45) is 0.354. The van der Waals surface area contributed by atoms with Crippen LogP contribution < -0.4 is 5.73 Å². The highest BCUT2D eigenvalue weighted by atomic mass is 32.3. The first kappa shape index (κ1) is 18.7. The van der Waals surface area contributed by atoms with E-state index in [1.165, 1.54) is 18.7 Å². The van der Waals surface area contributed by atoms with Gasteiger partial charge in [0.1, 0.15) is 5.70 Å². The Hall–Kier alpha value is -1.63. The largest absolute Gasteiger partial charge is 0.477 e. The zero-order valence-corrected chi connectivity index (χ0v) is 14.3. The molecule has 0 spiro atoms. The molecule has 0 saturated carbocycles. The summed E-state index contributed by atoms with van der Waals surface area (Å²) < 4.78 is 34.8. The minimum absolute atomic E-state index is 0.0953. The van der Waals surface area contributed by atoms with Crippen molar-refractivity contribution in [3.05, 3.63) is 10.6 Å². The monoisotopic (exact) mass is 379 g/mol. The summed E-state index contributed by atoms with van der Waals surface area (Å²) in [5.41, 5.74) is 5.03. The Labute approximate surface area is 142 Å². The lowest BCUT2D eigenvalue weighted by Crippen LogP contribution is -2.62. The molecular weight excluding hydrogens is 362 g/mol. The smallest absolute Gasteiger partial charge is 0.397 e. The number of rotatable bonds is 8. The van der Waals surface area contributed by atoms with E-state index in [2.05, 4.69) is 9.18 Å². The average Bonchev–Trinajstić information content (AvgIpc) is 2.76. The van der Waals surface area contributed by atoms with Gasteiger partial charge in [0.25, 0.3) is 0 Å². The summed E-state index contributed by atoms with van der Waals surface area (Å²) in [6.45, 7) is 1.75. The second-order valence-corrected chi connectivity index (χ2v) is 7.45. The molecule has 2 rings (SSSR count). The predicted octanol–water partition coefficient (Wildman–Crippen LogP) is -0.559. The molecule has 0 radical (unpaired) electrons. The van der Waals surface area contributed by atoms with E-state index in [0.29, 0.717) is 17.2 Å². The highest BCUT2D eigenvalue weighted by Gasteiger charge is 2.57. The van der Waals surface area contributed by atoms with Crippen LogP contribution >= 0.6 is 11.8 Å². The van der Waals surface area contributed by atoms with Crippen molar-refractivity contribution in [3.63, 3.8) is 0 Å². The summed E-state index contributed by atoms with van der Waals surface area (Å²) in [6, 6.07) is -0.499. The van der Waals surface area contributed by atoms with Gasteiger partial charge in [-0.15, -0.1) is 11.8 Å². The van der Waals surface area contributed by atoms with Crippen LogP contribution in [0, 0.1) is 5.92 Å². The van der Waals surface area contributed by atoms with Gasteiger partial charge in [0, 0.05) is 17.1 Å². The topological polar surface area (TPSA) is 160 Å². The molecule has 0 bridgehead atoms. The second-order valence-electron chi connectivity index (χ2n) is 5.22. The molecule has 3 atom stereocenters. The third-order valence-electron chi connectivity index (χ3n) is 3.75. The number of carboxylic acid groups (broad SMARTS) is 1. The lowest BCUT2D eigenvalue weighted by molar-refractivity contribution is -0.160. The standard InChI is InChI=1S/C12H17N3O7S2/c1-6(22-24(19,20)21)9-7-4-8(23-3-2-14-5-13)10(12(17)18)15(7)11(9)16/h5-7,9H,2-4H2,1H3,(H2,13,14)(H,17,18)(H,19,20,21)/t6-,7-,9-/m1/s1. The third kappa shape index (κ3) is 3.71. The van der Waals surface area contributed by atoms with Gasteiger partial charge in [0.15, 0.2) is 0 Å². The number of aliphatic imine (C=N–C) groups is 1. The van der Waals surface area contributed by atoms with E-state index in [-0.39, 0.29) is 12.1 Å². The molecule has 0 unspecified atom stereocenters. The molecule has 24 heavy (non-hydrogen) atoms. The Balaban J connectivity index is 2.12. The second kappa shape index (κ2) is 7.09. The molecule has 0 aliphatic carbocycles. The average molecular weight is 379 g/mol. The third-order valence-corrected chi connectivity index (χ3v) is 5.39. The van der Waals surface area contributed by atoms with Crippen LogP contribution in [0.3, 0.4) is 0 Å². The number of hydrogen-bond donors (Lipinski definition) is 3. The van der Waals surface area contributed by atoms with Crippen LogP contribution in [-0.2, 0) is 24.2 Å². The maximum absolute atomic E-state index is 12.2. The number of amides is 1. The fourth-order valence-corrected chi connectivity index (χ4v) is 4.45. The van der Waals surface area contributed by atoms with E-state index >= 15 is 0 Å². The molecule has 10 nitrogen and oxygen atoms in total. The number of hydrogen-bond acceptors (Lipinski definition) is 7. The fraction of sp³-hybridized carbons (Fsp3) is 0.583. The lowest BCUT2D eigenvalue weighted by Gasteiger charge is -2.45. The van der Waals surface area contributed by atoms with Crippen LogP contribution in [0.2, 0.25) is 0 Å². The van der Waals surface area contributed by atoms with Crippen molar-refractivity contribution >= 4 is 40.4 Å². The van der Waals surface area contributed by atoms with Crippen molar-refractivity contribution in [1.29, 1.82) is 0 Å². The van der Waals surface area contributed by atoms with Crippen molar-refractivity contribution in [2.75, 3.05) is 12.3 Å². The van der Waals surface area contributed by atoms with Crippen LogP contribution in [0.25, 0.3) is 0 Å². The van der Waals surface area contributed by atoms with Crippen LogP contribution in [0.1, 0.15) is 13.3 Å². The predicted molar refractivity (Wildman–Crippen MR) is 85.5 cm³/mol. The van der Waals surface area contributed by atoms with E-state index in [4.69, 9.17) is 10.3 Å². The maximum atomic E-state index is 12.2. The van der Waals surface area contributed by atoms with Gasteiger partial charge in [-0.05, 0) is 6.92 Å². The van der Waals surface area contributed by atoms with Gasteiger partial charge in [-0.2, -0.15) is 8.42 Å². The van der Waals surface area contributed by atoms with Gasteiger partial charge < -0.3 is 15.7 Å². The van der Waals surface area contributed by atoms with Gasteiger partial charge in [0.2, 0.25) is 5.91 Å². The molecule has 134 valence electrons. The van der Waals surface area contributed by atoms with E-state index < -0.39 is 40.3 Å². The van der Waals surface area contributed by atoms with Crippen molar-refractivity contribution in [2.45, 2.75) is 25.5 Å². The Kier molecular flexibility index (Phi) is 5.52. The molecule has 12 heteroatoms. The van der Waals surface area contributed by atoms with Gasteiger partial charge >= 0.3 is 16.4 Å². The molecule has 2 heterocycles. The summed E-state index contributed by atoms with van der Waals surface area (Å²) in [4.78, 5) is 29.2. The number of carboxylic acids is 1.